The van der Waals surface area contributed by atoms with Gasteiger partial charge in [-0.25, -0.2) is 4.98 Å². The van der Waals surface area contributed by atoms with E-state index in [0.29, 0.717) is 22.9 Å². The number of carbonyl (C=O) groups excluding carboxylic acids is 1. The average Bonchev–Trinajstić information content (AvgIpc) is 3.21. The Balaban J connectivity index is 1.48. The van der Waals surface area contributed by atoms with Gasteiger partial charge in [0.05, 0.1) is 24.2 Å². The Morgan fingerprint density at radius 3 is 2.97 bits per heavy atom. The molecule has 6 nitrogen and oxygen atoms in total. The molecule has 2 aliphatic heterocycles. The summed E-state index contributed by atoms with van der Waals surface area (Å²) in [7, 11) is 0. The van der Waals surface area contributed by atoms with Gasteiger partial charge < -0.3 is 9.64 Å². The first-order valence-electron chi connectivity index (χ1n) is 9.54. The van der Waals surface area contributed by atoms with E-state index < -0.39 is 0 Å². The van der Waals surface area contributed by atoms with Crippen molar-refractivity contribution >= 4 is 17.4 Å². The number of rotatable bonds is 2. The van der Waals surface area contributed by atoms with Gasteiger partial charge in [-0.3, -0.25) is 4.79 Å². The van der Waals surface area contributed by atoms with Crippen molar-refractivity contribution in [2.45, 2.75) is 31.9 Å². The van der Waals surface area contributed by atoms with Gasteiger partial charge >= 0.3 is 0 Å². The van der Waals surface area contributed by atoms with E-state index in [9.17, 15) is 10.1 Å². The van der Waals surface area contributed by atoms with Gasteiger partial charge in [-0.1, -0.05) is 24.3 Å². The number of fused-ring (bicyclic) bond motifs is 5. The fourth-order valence-corrected chi connectivity index (χ4v) is 4.96. The Labute approximate surface area is 172 Å². The Kier molecular flexibility index (Phi) is 4.29. The van der Waals surface area contributed by atoms with Crippen LogP contribution in [-0.4, -0.2) is 32.8 Å². The Morgan fingerprint density at radius 1 is 1.24 bits per heavy atom. The van der Waals surface area contributed by atoms with Crippen LogP contribution in [0.2, 0.25) is 0 Å². The topological polar surface area (TPSA) is 79.1 Å². The maximum absolute atomic E-state index is 13.3. The lowest BCUT2D eigenvalue weighted by atomic mass is 9.90. The zero-order chi connectivity index (χ0) is 20.0. The summed E-state index contributed by atoms with van der Waals surface area (Å²) in [5, 5.41) is 9.24. The van der Waals surface area contributed by atoms with Gasteiger partial charge in [-0.15, -0.1) is 0 Å². The van der Waals surface area contributed by atoms with Crippen LogP contribution in [0.15, 0.2) is 42.7 Å². The number of hydrogen-bond acceptors (Lipinski definition) is 6. The minimum absolute atomic E-state index is 0.00690. The van der Waals surface area contributed by atoms with Crippen molar-refractivity contribution in [3.8, 4) is 23.1 Å². The van der Waals surface area contributed by atoms with Gasteiger partial charge in [-0.2, -0.15) is 9.64 Å². The Bertz CT molecular complexity index is 1150. The molecule has 0 aliphatic carbocycles. The number of amides is 1. The third-order valence-electron chi connectivity index (χ3n) is 5.73. The van der Waals surface area contributed by atoms with E-state index in [1.54, 1.807) is 18.5 Å². The second-order valence-electron chi connectivity index (χ2n) is 7.35. The smallest absolute Gasteiger partial charge is 0.266 e. The van der Waals surface area contributed by atoms with Crippen molar-refractivity contribution in [3.63, 3.8) is 0 Å². The number of benzene rings is 1. The summed E-state index contributed by atoms with van der Waals surface area (Å²) in [4.78, 5) is 20.2. The van der Waals surface area contributed by atoms with E-state index in [0.717, 1.165) is 29.5 Å². The van der Waals surface area contributed by atoms with E-state index in [1.807, 2.05) is 24.0 Å². The number of carbonyl (C=O) groups is 1. The molecule has 4 heterocycles. The van der Waals surface area contributed by atoms with Gasteiger partial charge in [0.1, 0.15) is 11.0 Å². The Morgan fingerprint density at radius 2 is 2.10 bits per heavy atom. The molecule has 1 aromatic carbocycles. The lowest BCUT2D eigenvalue weighted by Gasteiger charge is -2.39. The standard InChI is InChI=1S/C22H18N4O2S/c1-13-14(10-23)8-9-24-21(13)28-15-6-7-19-17-5-3-2-4-16(17)18-11-25-29-20(18)22(27)26(19)12-15/h2-5,8-9,11,15,19H,6-7,12H2,1H3/t15-,19+/m1/s1. The monoisotopic (exact) mass is 402 g/mol. The second-order valence-corrected chi connectivity index (χ2v) is 8.15. The van der Waals surface area contributed by atoms with Crippen LogP contribution >= 0.6 is 11.5 Å². The summed E-state index contributed by atoms with van der Waals surface area (Å²) in [6, 6.07) is 12.1. The summed E-state index contributed by atoms with van der Waals surface area (Å²) in [5.74, 6) is 0.473. The first-order valence-corrected chi connectivity index (χ1v) is 10.3. The van der Waals surface area contributed by atoms with Crippen molar-refractivity contribution in [1.29, 1.82) is 5.26 Å². The molecule has 1 amide bonds. The maximum Gasteiger partial charge on any atom is 0.266 e. The molecule has 144 valence electrons. The third kappa shape index (κ3) is 2.88. The van der Waals surface area contributed by atoms with Crippen LogP contribution in [0.4, 0.5) is 0 Å². The predicted octanol–water partition coefficient (Wildman–Crippen LogP) is 4.12. The molecule has 0 N–H and O–H groups in total. The van der Waals surface area contributed by atoms with Gasteiger partial charge in [0.2, 0.25) is 5.88 Å². The molecule has 0 radical (unpaired) electrons. The number of hydrogen-bond donors (Lipinski definition) is 0. The zero-order valence-electron chi connectivity index (χ0n) is 15.8. The summed E-state index contributed by atoms with van der Waals surface area (Å²) in [6.07, 6.45) is 4.84. The minimum atomic E-state index is -0.169. The lowest BCUT2D eigenvalue weighted by Crippen LogP contribution is -2.45. The number of nitrogens with zero attached hydrogens (tertiary/aromatic N) is 4. The molecule has 0 saturated carbocycles. The molecule has 2 aromatic heterocycles. The van der Waals surface area contributed by atoms with Crippen LogP contribution in [0.25, 0.3) is 11.1 Å². The quantitative estimate of drug-likeness (QED) is 0.644. The summed E-state index contributed by atoms with van der Waals surface area (Å²) >= 11 is 1.25. The zero-order valence-corrected chi connectivity index (χ0v) is 16.6. The van der Waals surface area contributed by atoms with Crippen LogP contribution in [-0.2, 0) is 0 Å². The summed E-state index contributed by atoms with van der Waals surface area (Å²) in [6.45, 7) is 2.32. The van der Waals surface area contributed by atoms with Crippen molar-refractivity contribution < 1.29 is 9.53 Å². The number of aromatic nitrogens is 2. The van der Waals surface area contributed by atoms with E-state index in [2.05, 4.69) is 27.6 Å². The molecule has 2 aliphatic rings. The predicted molar refractivity (Wildman–Crippen MR) is 109 cm³/mol. The third-order valence-corrected chi connectivity index (χ3v) is 6.52. The number of piperidine rings is 1. The van der Waals surface area contributed by atoms with Crippen LogP contribution in [0, 0.1) is 18.3 Å². The van der Waals surface area contributed by atoms with Crippen molar-refractivity contribution in [3.05, 3.63) is 64.3 Å². The van der Waals surface area contributed by atoms with Crippen LogP contribution in [0.1, 0.15) is 45.2 Å². The molecule has 0 unspecified atom stereocenters. The maximum atomic E-state index is 13.3. The second kappa shape index (κ2) is 6.98. The van der Waals surface area contributed by atoms with Gasteiger partial charge in [-0.05, 0) is 48.5 Å². The molecule has 1 fully saturated rings. The fraction of sp³-hybridized carbons (Fsp3) is 0.273. The number of ether oxygens (including phenoxy) is 1. The highest BCUT2D eigenvalue weighted by Gasteiger charge is 2.39. The Hall–Kier alpha value is -3.24. The van der Waals surface area contributed by atoms with E-state index in [1.165, 1.54) is 17.1 Å². The van der Waals surface area contributed by atoms with E-state index in [-0.39, 0.29) is 18.1 Å². The molecule has 7 heteroatoms. The molecule has 1 saturated heterocycles. The first kappa shape index (κ1) is 17.8. The fourth-order valence-electron chi connectivity index (χ4n) is 4.24. The number of pyridine rings is 1. The molecule has 0 spiro atoms. The van der Waals surface area contributed by atoms with E-state index >= 15 is 0 Å². The molecule has 29 heavy (non-hydrogen) atoms. The van der Waals surface area contributed by atoms with Gasteiger partial charge in [0.25, 0.3) is 5.91 Å². The van der Waals surface area contributed by atoms with Crippen LogP contribution in [0.3, 0.4) is 0 Å². The van der Waals surface area contributed by atoms with Crippen molar-refractivity contribution in [1.82, 2.24) is 14.3 Å². The summed E-state index contributed by atoms with van der Waals surface area (Å²) in [5.41, 5.74) is 4.46. The molecular formula is C22H18N4O2S. The van der Waals surface area contributed by atoms with Crippen LogP contribution < -0.4 is 4.74 Å². The molecular weight excluding hydrogens is 384 g/mol. The van der Waals surface area contributed by atoms with E-state index in [4.69, 9.17) is 4.74 Å². The largest absolute Gasteiger partial charge is 0.472 e. The minimum Gasteiger partial charge on any atom is -0.472 e. The lowest BCUT2D eigenvalue weighted by molar-refractivity contribution is 0.0342. The molecule has 3 aromatic rings. The van der Waals surface area contributed by atoms with Gasteiger partial charge in [0.15, 0.2) is 0 Å². The normalized spacial score (nSPS) is 20.1. The van der Waals surface area contributed by atoms with Crippen LogP contribution in [0.5, 0.6) is 5.88 Å². The number of nitriles is 1. The molecule has 5 rings (SSSR count). The molecule has 0 bridgehead atoms. The van der Waals surface area contributed by atoms with Gasteiger partial charge in [0, 0.05) is 23.5 Å². The van der Waals surface area contributed by atoms with Crippen molar-refractivity contribution in [2.75, 3.05) is 6.54 Å². The summed E-state index contributed by atoms with van der Waals surface area (Å²) < 4.78 is 10.4. The average molecular weight is 402 g/mol. The highest BCUT2D eigenvalue weighted by atomic mass is 32.1. The van der Waals surface area contributed by atoms with Crippen molar-refractivity contribution in [2.24, 2.45) is 0 Å². The molecule has 2 atom stereocenters. The highest BCUT2D eigenvalue weighted by Crippen LogP contribution is 2.43. The first-order chi connectivity index (χ1) is 14.2. The SMILES string of the molecule is Cc1c(C#N)ccnc1O[C@@H]1CC[C@H]2c3ccccc3-c3cnsc3C(=O)N2C1. The highest BCUT2D eigenvalue weighted by molar-refractivity contribution is 7.08.